The molecular weight excluding hydrogens is 304 g/mol. The molecule has 1 aliphatic rings. The fourth-order valence-corrected chi connectivity index (χ4v) is 2.19. The average molecular weight is 332 g/mol. The second-order valence-corrected chi connectivity index (χ2v) is 6.72. The molecule has 1 amide bonds. The van der Waals surface area contributed by atoms with Crippen LogP contribution >= 0.6 is 0 Å². The van der Waals surface area contributed by atoms with Gasteiger partial charge in [-0.3, -0.25) is 9.59 Å². The van der Waals surface area contributed by atoms with E-state index in [0.717, 1.165) is 0 Å². The van der Waals surface area contributed by atoms with Gasteiger partial charge in [0.1, 0.15) is 0 Å². The van der Waals surface area contributed by atoms with Gasteiger partial charge in [0, 0.05) is 37.2 Å². The van der Waals surface area contributed by atoms with E-state index in [2.05, 4.69) is 26.1 Å². The Balaban J connectivity index is 2.73. The van der Waals surface area contributed by atoms with Crippen LogP contribution in [0.25, 0.3) is 0 Å². The maximum Gasteiger partial charge on any atom is 0.303 e. The van der Waals surface area contributed by atoms with E-state index in [1.54, 1.807) is 17.1 Å². The summed E-state index contributed by atoms with van der Waals surface area (Å²) in [7, 11) is 0. The fraction of sp³-hybridized carbons (Fsp3) is 0.474. The molecule has 0 bridgehead atoms. The van der Waals surface area contributed by atoms with Crippen molar-refractivity contribution in [1.29, 1.82) is 0 Å². The van der Waals surface area contributed by atoms with Crippen molar-refractivity contribution in [3.05, 3.63) is 48.1 Å². The lowest BCUT2D eigenvalue weighted by Gasteiger charge is -2.26. The van der Waals surface area contributed by atoms with E-state index in [9.17, 15) is 9.59 Å². The minimum absolute atomic E-state index is 0.0251. The molecule has 0 unspecified atom stereocenters. The predicted octanol–water partition coefficient (Wildman–Crippen LogP) is 2.68. The Morgan fingerprint density at radius 3 is 2.42 bits per heavy atom. The van der Waals surface area contributed by atoms with Gasteiger partial charge in [0.15, 0.2) is 0 Å². The number of nitrogens with one attached hydrogen (secondary N) is 1. The molecule has 0 saturated heterocycles. The number of nitrogens with zero attached hydrogens (tertiary/aromatic N) is 1. The maximum absolute atomic E-state index is 12.8. The van der Waals surface area contributed by atoms with E-state index in [0.29, 0.717) is 31.6 Å². The molecule has 0 atom stereocenters. The molecule has 0 radical (unpaired) electrons. The number of carboxylic acid groups (broad SMARTS) is 1. The fourth-order valence-electron chi connectivity index (χ4n) is 2.19. The number of rotatable bonds is 8. The number of carboxylic acids is 1. The van der Waals surface area contributed by atoms with Gasteiger partial charge in [0.05, 0.1) is 0 Å². The molecule has 1 aliphatic carbocycles. The summed E-state index contributed by atoms with van der Waals surface area (Å²) in [6.45, 7) is 7.85. The molecule has 5 nitrogen and oxygen atoms in total. The van der Waals surface area contributed by atoms with Crippen molar-refractivity contribution >= 4 is 11.9 Å². The van der Waals surface area contributed by atoms with Gasteiger partial charge in [-0.1, -0.05) is 30.4 Å². The summed E-state index contributed by atoms with van der Waals surface area (Å²) in [6.07, 6.45) is 13.4. The van der Waals surface area contributed by atoms with E-state index >= 15 is 0 Å². The Bertz CT molecular complexity index is 551. The van der Waals surface area contributed by atoms with Crippen LogP contribution in [0.3, 0.4) is 0 Å². The van der Waals surface area contributed by atoms with E-state index in [-0.39, 0.29) is 17.9 Å². The van der Waals surface area contributed by atoms with Crippen LogP contribution in [0.1, 0.15) is 33.6 Å². The first-order valence-corrected chi connectivity index (χ1v) is 8.27. The number of allylic oxidation sites excluding steroid dienone is 6. The minimum Gasteiger partial charge on any atom is -0.481 e. The number of carbonyl (C=O) groups excluding carboxylic acids is 1. The highest BCUT2D eigenvalue weighted by atomic mass is 16.4. The SMILES string of the molecule is CC(C)(C)NCCN(CCCC(=O)O)C(=O)C1=C/C=C\C=C/C=C\1. The van der Waals surface area contributed by atoms with Crippen molar-refractivity contribution in [3.63, 3.8) is 0 Å². The van der Waals surface area contributed by atoms with Gasteiger partial charge in [-0.2, -0.15) is 0 Å². The summed E-state index contributed by atoms with van der Waals surface area (Å²) < 4.78 is 0. The molecule has 0 fully saturated rings. The number of hydrogen-bond acceptors (Lipinski definition) is 3. The second kappa shape index (κ2) is 9.88. The zero-order valence-electron chi connectivity index (χ0n) is 14.8. The highest BCUT2D eigenvalue weighted by Crippen LogP contribution is 2.09. The molecule has 0 aromatic carbocycles. The molecule has 0 saturated carbocycles. The normalized spacial score (nSPS) is 20.2. The van der Waals surface area contributed by atoms with E-state index in [1.165, 1.54) is 0 Å². The molecule has 24 heavy (non-hydrogen) atoms. The lowest BCUT2D eigenvalue weighted by Crippen LogP contribution is -2.43. The van der Waals surface area contributed by atoms with E-state index in [1.807, 2.05) is 30.4 Å². The molecule has 0 aromatic heterocycles. The van der Waals surface area contributed by atoms with Crippen molar-refractivity contribution < 1.29 is 14.7 Å². The summed E-state index contributed by atoms with van der Waals surface area (Å²) in [6, 6.07) is 0. The third kappa shape index (κ3) is 8.48. The summed E-state index contributed by atoms with van der Waals surface area (Å²) in [4.78, 5) is 25.2. The monoisotopic (exact) mass is 332 g/mol. The van der Waals surface area contributed by atoms with Crippen LogP contribution < -0.4 is 5.32 Å². The lowest BCUT2D eigenvalue weighted by atomic mass is 10.1. The number of aliphatic carboxylic acids is 1. The summed E-state index contributed by atoms with van der Waals surface area (Å²) >= 11 is 0. The highest BCUT2D eigenvalue weighted by molar-refractivity contribution is 5.96. The van der Waals surface area contributed by atoms with Gasteiger partial charge in [-0.15, -0.1) is 0 Å². The van der Waals surface area contributed by atoms with Crippen LogP contribution in [0, 0.1) is 0 Å². The quantitative estimate of drug-likeness (QED) is 0.717. The van der Waals surface area contributed by atoms with Crippen LogP contribution in [0.5, 0.6) is 0 Å². The van der Waals surface area contributed by atoms with Crippen molar-refractivity contribution in [1.82, 2.24) is 10.2 Å². The summed E-state index contributed by atoms with van der Waals surface area (Å²) in [5, 5.41) is 12.2. The molecule has 132 valence electrons. The Hall–Kier alpha value is -2.14. The van der Waals surface area contributed by atoms with Gasteiger partial charge in [-0.25, -0.2) is 0 Å². The summed E-state index contributed by atoms with van der Waals surface area (Å²) in [5.41, 5.74) is 0.574. The van der Waals surface area contributed by atoms with Crippen molar-refractivity contribution in [2.75, 3.05) is 19.6 Å². The van der Waals surface area contributed by atoms with Crippen LogP contribution in [0.15, 0.2) is 48.1 Å². The zero-order chi connectivity index (χ0) is 18.0. The van der Waals surface area contributed by atoms with Gasteiger partial charge >= 0.3 is 5.97 Å². The molecular formula is C19H28N2O3. The van der Waals surface area contributed by atoms with Crippen LogP contribution in [-0.2, 0) is 9.59 Å². The van der Waals surface area contributed by atoms with E-state index < -0.39 is 5.97 Å². The van der Waals surface area contributed by atoms with Crippen LogP contribution in [-0.4, -0.2) is 47.1 Å². The first-order valence-electron chi connectivity index (χ1n) is 8.27. The van der Waals surface area contributed by atoms with Gasteiger partial charge < -0.3 is 15.3 Å². The van der Waals surface area contributed by atoms with E-state index in [4.69, 9.17) is 5.11 Å². The Morgan fingerprint density at radius 2 is 1.75 bits per heavy atom. The van der Waals surface area contributed by atoms with Gasteiger partial charge in [0.2, 0.25) is 0 Å². The lowest BCUT2D eigenvalue weighted by molar-refractivity contribution is -0.137. The van der Waals surface area contributed by atoms with Crippen LogP contribution in [0.4, 0.5) is 0 Å². The first kappa shape index (κ1) is 19.9. The molecule has 5 heteroatoms. The molecule has 0 spiro atoms. The largest absolute Gasteiger partial charge is 0.481 e. The second-order valence-electron chi connectivity index (χ2n) is 6.72. The molecule has 0 aromatic rings. The van der Waals surface area contributed by atoms with Crippen molar-refractivity contribution in [3.8, 4) is 0 Å². The number of hydrogen-bond donors (Lipinski definition) is 2. The van der Waals surface area contributed by atoms with Gasteiger partial charge in [0.25, 0.3) is 5.91 Å². The third-order valence-corrected chi connectivity index (χ3v) is 3.39. The topological polar surface area (TPSA) is 69.6 Å². The third-order valence-electron chi connectivity index (χ3n) is 3.39. The Morgan fingerprint density at radius 1 is 1.08 bits per heavy atom. The molecule has 0 heterocycles. The zero-order valence-corrected chi connectivity index (χ0v) is 14.8. The number of amides is 1. The first-order chi connectivity index (χ1) is 11.3. The van der Waals surface area contributed by atoms with Crippen molar-refractivity contribution in [2.45, 2.75) is 39.2 Å². The predicted molar refractivity (Wildman–Crippen MR) is 96.7 cm³/mol. The standard InChI is InChI=1S/C19H28N2O3/c1-19(2,3)20-13-15-21(14-9-12-17(22)23)18(24)16-10-7-5-4-6-8-11-16/h4-8,10-11,20H,9,12-15H2,1-3H3,(H,22,23)/b5-4-,6-4?,7-5?,8-6-,10-7-,11-8?,16-10?,16-11+. The number of carbonyl (C=O) groups is 2. The van der Waals surface area contributed by atoms with Gasteiger partial charge in [-0.05, 0) is 39.3 Å². The Labute approximate surface area is 144 Å². The Kier molecular flexibility index (Phi) is 8.19. The average Bonchev–Trinajstić information content (AvgIpc) is 2.43. The summed E-state index contributed by atoms with van der Waals surface area (Å²) in [5.74, 6) is -0.916. The molecule has 2 N–H and O–H groups in total. The molecule has 1 rings (SSSR count). The highest BCUT2D eigenvalue weighted by Gasteiger charge is 2.17. The molecule has 0 aliphatic heterocycles. The minimum atomic E-state index is -0.839. The smallest absolute Gasteiger partial charge is 0.303 e. The van der Waals surface area contributed by atoms with Crippen molar-refractivity contribution in [2.24, 2.45) is 0 Å². The van der Waals surface area contributed by atoms with Crippen LogP contribution in [0.2, 0.25) is 0 Å². The maximum atomic E-state index is 12.8.